The van der Waals surface area contributed by atoms with Crippen molar-refractivity contribution in [2.75, 3.05) is 0 Å². The van der Waals surface area contributed by atoms with Crippen LogP contribution in [-0.2, 0) is 0 Å². The monoisotopic (exact) mass is 187 g/mol. The Balaban J connectivity index is 0.000000112. The van der Waals surface area contributed by atoms with E-state index < -0.39 is 0 Å². The van der Waals surface area contributed by atoms with Gasteiger partial charge in [-0.25, -0.2) is 0 Å². The van der Waals surface area contributed by atoms with Crippen LogP contribution >= 0.6 is 22.9 Å². The second-order valence-electron chi connectivity index (χ2n) is 1.61. The Labute approximate surface area is 73.4 Å². The predicted molar refractivity (Wildman–Crippen MR) is 45.8 cm³/mol. The van der Waals surface area contributed by atoms with E-state index in [4.69, 9.17) is 11.6 Å². The van der Waals surface area contributed by atoms with Gasteiger partial charge in [-0.3, -0.25) is 0 Å². The fourth-order valence-electron chi connectivity index (χ4n) is 0.434. The maximum Gasteiger partial charge on any atom is 0.123 e. The molecule has 0 amide bonds. The van der Waals surface area contributed by atoms with Crippen molar-refractivity contribution in [3.8, 4) is 0 Å². The highest BCUT2D eigenvalue weighted by molar-refractivity contribution is 7.14. The van der Waals surface area contributed by atoms with Gasteiger partial charge in [-0.05, 0) is 23.6 Å². The number of rotatable bonds is 0. The largest absolute Gasteiger partial charge is 0.365 e. The zero-order valence-electron chi connectivity index (χ0n) is 5.61. The van der Waals surface area contributed by atoms with Gasteiger partial charge in [0.1, 0.15) is 6.26 Å². The summed E-state index contributed by atoms with van der Waals surface area (Å²) >= 11 is 7.02. The van der Waals surface area contributed by atoms with Gasteiger partial charge in [-0.2, -0.15) is 0 Å². The average Bonchev–Trinajstić information content (AvgIpc) is 2.57. The molecule has 0 aromatic carbocycles. The van der Waals surface area contributed by atoms with E-state index in [1.165, 1.54) is 6.26 Å². The first kappa shape index (κ1) is 8.30. The molecule has 0 atom stereocenters. The molecule has 0 spiro atoms. The van der Waals surface area contributed by atoms with Crippen molar-refractivity contribution in [2.24, 2.45) is 0 Å². The highest BCUT2D eigenvalue weighted by atomic mass is 35.5. The van der Waals surface area contributed by atoms with Crippen molar-refractivity contribution >= 4 is 22.9 Å². The van der Waals surface area contributed by atoms with Gasteiger partial charge in [-0.15, -0.1) is 11.3 Å². The molecule has 0 aliphatic rings. The first-order valence-corrected chi connectivity index (χ1v) is 4.18. The van der Waals surface area contributed by atoms with Gasteiger partial charge < -0.3 is 4.52 Å². The Kier molecular flexibility index (Phi) is 3.72. The third-order valence-electron chi connectivity index (χ3n) is 0.834. The van der Waals surface area contributed by atoms with Crippen molar-refractivity contribution in [1.82, 2.24) is 5.16 Å². The second kappa shape index (κ2) is 4.93. The summed E-state index contributed by atoms with van der Waals surface area (Å²) in [5, 5.41) is 5.29. The van der Waals surface area contributed by atoms with E-state index in [9.17, 15) is 0 Å². The molecule has 2 aromatic heterocycles. The number of aromatic nitrogens is 1. The Morgan fingerprint density at radius 1 is 1.45 bits per heavy atom. The summed E-state index contributed by atoms with van der Waals surface area (Å²) in [5.74, 6) is 0. The Morgan fingerprint density at radius 2 is 2.36 bits per heavy atom. The van der Waals surface area contributed by atoms with E-state index in [0.717, 1.165) is 4.34 Å². The maximum atomic E-state index is 5.47. The van der Waals surface area contributed by atoms with E-state index in [0.29, 0.717) is 0 Å². The molecule has 0 saturated carbocycles. The van der Waals surface area contributed by atoms with Crippen molar-refractivity contribution in [3.63, 3.8) is 0 Å². The first-order chi connectivity index (χ1) is 5.39. The Bertz CT molecular complexity index is 237. The summed E-state index contributed by atoms with van der Waals surface area (Å²) < 4.78 is 5.19. The summed E-state index contributed by atoms with van der Waals surface area (Å²) in [4.78, 5) is 0. The van der Waals surface area contributed by atoms with Crippen LogP contribution in [0.3, 0.4) is 0 Å². The summed E-state index contributed by atoms with van der Waals surface area (Å²) in [6.07, 6.45) is 3.10. The molecule has 4 heteroatoms. The van der Waals surface area contributed by atoms with Crippen LogP contribution in [0.15, 0.2) is 40.6 Å². The number of halogens is 1. The Morgan fingerprint density at radius 3 is 2.55 bits per heavy atom. The van der Waals surface area contributed by atoms with Crippen LogP contribution in [-0.4, -0.2) is 5.16 Å². The minimum Gasteiger partial charge on any atom is -0.365 e. The molecule has 2 nitrogen and oxygen atoms in total. The van der Waals surface area contributed by atoms with E-state index in [2.05, 4.69) is 9.68 Å². The highest BCUT2D eigenvalue weighted by Crippen LogP contribution is 2.13. The Hall–Kier alpha value is -0.800. The molecule has 0 N–H and O–H groups in total. The van der Waals surface area contributed by atoms with E-state index >= 15 is 0 Å². The molecular weight excluding hydrogens is 182 g/mol. The SMILES string of the molecule is Clc1cccs1.c1cnoc1. The van der Waals surface area contributed by atoms with Crippen molar-refractivity contribution < 1.29 is 4.52 Å². The van der Waals surface area contributed by atoms with Crippen molar-refractivity contribution in [1.29, 1.82) is 0 Å². The third-order valence-corrected chi connectivity index (χ3v) is 1.88. The van der Waals surface area contributed by atoms with Gasteiger partial charge in [0, 0.05) is 0 Å². The van der Waals surface area contributed by atoms with Crippen LogP contribution in [0.4, 0.5) is 0 Å². The smallest absolute Gasteiger partial charge is 0.123 e. The quantitative estimate of drug-likeness (QED) is 0.634. The van der Waals surface area contributed by atoms with Crippen molar-refractivity contribution in [3.05, 3.63) is 40.4 Å². The fraction of sp³-hybridized carbons (Fsp3) is 0. The van der Waals surface area contributed by atoms with Gasteiger partial charge in [0.15, 0.2) is 0 Å². The van der Waals surface area contributed by atoms with Gasteiger partial charge in [-0.1, -0.05) is 16.8 Å². The fourth-order valence-corrected chi connectivity index (χ4v) is 1.11. The summed E-state index contributed by atoms with van der Waals surface area (Å²) in [6, 6.07) is 5.51. The zero-order chi connectivity index (χ0) is 7.94. The van der Waals surface area contributed by atoms with Crippen LogP contribution in [0, 0.1) is 0 Å². The van der Waals surface area contributed by atoms with E-state index in [-0.39, 0.29) is 0 Å². The number of hydrogen-bond acceptors (Lipinski definition) is 3. The van der Waals surface area contributed by atoms with Gasteiger partial charge >= 0.3 is 0 Å². The molecule has 11 heavy (non-hydrogen) atoms. The molecule has 0 unspecified atom stereocenters. The number of nitrogens with zero attached hydrogens (tertiary/aromatic N) is 1. The maximum absolute atomic E-state index is 5.47. The molecule has 0 aliphatic heterocycles. The van der Waals surface area contributed by atoms with Crippen LogP contribution in [0.2, 0.25) is 4.34 Å². The third kappa shape index (κ3) is 3.80. The van der Waals surface area contributed by atoms with E-state index in [1.54, 1.807) is 23.6 Å². The van der Waals surface area contributed by atoms with Crippen LogP contribution in [0.1, 0.15) is 0 Å². The van der Waals surface area contributed by atoms with Gasteiger partial charge in [0.05, 0.1) is 10.5 Å². The lowest BCUT2D eigenvalue weighted by Gasteiger charge is -1.62. The molecule has 0 radical (unpaired) electrons. The molecule has 58 valence electrons. The summed E-state index contributed by atoms with van der Waals surface area (Å²) in [6.45, 7) is 0. The average molecular weight is 188 g/mol. The molecule has 2 rings (SSSR count). The minimum absolute atomic E-state index is 0.856. The zero-order valence-corrected chi connectivity index (χ0v) is 7.18. The van der Waals surface area contributed by atoms with Crippen molar-refractivity contribution in [2.45, 2.75) is 0 Å². The lowest BCUT2D eigenvalue weighted by Crippen LogP contribution is -1.38. The van der Waals surface area contributed by atoms with E-state index in [1.807, 2.05) is 17.5 Å². The van der Waals surface area contributed by atoms with Crippen LogP contribution in [0.5, 0.6) is 0 Å². The topological polar surface area (TPSA) is 26.0 Å². The standard InChI is InChI=1S/C4H3ClS.C3H3NO/c5-4-2-1-3-6-4;1-2-4-5-3-1/h1-3H;1-3H. The molecule has 0 fully saturated rings. The molecular formula is C7H6ClNOS. The lowest BCUT2D eigenvalue weighted by atomic mass is 10.7. The number of thiophene rings is 1. The highest BCUT2D eigenvalue weighted by Gasteiger charge is 1.77. The van der Waals surface area contributed by atoms with Crippen LogP contribution in [0.25, 0.3) is 0 Å². The van der Waals surface area contributed by atoms with Gasteiger partial charge in [0.2, 0.25) is 0 Å². The molecule has 2 heterocycles. The molecule has 0 bridgehead atoms. The number of hydrogen-bond donors (Lipinski definition) is 0. The predicted octanol–water partition coefficient (Wildman–Crippen LogP) is 3.08. The molecule has 0 aliphatic carbocycles. The molecule has 0 saturated heterocycles. The first-order valence-electron chi connectivity index (χ1n) is 2.93. The normalized spacial score (nSPS) is 8.45. The van der Waals surface area contributed by atoms with Gasteiger partial charge in [0.25, 0.3) is 0 Å². The minimum atomic E-state index is 0.856. The summed E-state index contributed by atoms with van der Waals surface area (Å²) in [7, 11) is 0. The molecule has 2 aromatic rings. The lowest BCUT2D eigenvalue weighted by molar-refractivity contribution is 0.420. The second-order valence-corrected chi connectivity index (χ2v) is 3.18. The summed E-state index contributed by atoms with van der Waals surface area (Å²) in [5.41, 5.74) is 0. The van der Waals surface area contributed by atoms with Crippen LogP contribution < -0.4 is 0 Å².